The van der Waals surface area contributed by atoms with Gasteiger partial charge in [0.1, 0.15) is 10.8 Å². The molecule has 0 bridgehead atoms. The average Bonchev–Trinajstić information content (AvgIpc) is 2.41. The Hall–Kier alpha value is -2.21. The Morgan fingerprint density at radius 2 is 2.00 bits per heavy atom. The lowest BCUT2D eigenvalue weighted by Gasteiger charge is -2.07. The Morgan fingerprint density at radius 3 is 2.58 bits per heavy atom. The molecular weight excluding hydrogens is 262 g/mol. The fourth-order valence-corrected chi connectivity index (χ4v) is 2.35. The third kappa shape index (κ3) is 3.17. The Bertz CT molecular complexity index is 599. The van der Waals surface area contributed by atoms with E-state index in [0.29, 0.717) is 16.3 Å². The predicted octanol–water partition coefficient (Wildman–Crippen LogP) is 1.92. The normalized spacial score (nSPS) is 10.2. The second-order valence-electron chi connectivity index (χ2n) is 3.76. The lowest BCUT2D eigenvalue weighted by molar-refractivity contribution is 0.0997. The molecule has 4 N–H and O–H groups in total. The highest BCUT2D eigenvalue weighted by Crippen LogP contribution is 2.30. The minimum atomic E-state index is -0.546. The Morgan fingerprint density at radius 1 is 1.32 bits per heavy atom. The number of ether oxygens (including phenoxy) is 1. The Balaban J connectivity index is 2.29. The summed E-state index contributed by atoms with van der Waals surface area (Å²) < 4.78 is 5.08. The number of benzene rings is 1. The molecule has 0 aliphatic rings. The number of hydrogen-bond donors (Lipinski definition) is 2. The van der Waals surface area contributed by atoms with Crippen LogP contribution in [0.1, 0.15) is 10.4 Å². The number of rotatable bonds is 4. The molecule has 0 fully saturated rings. The van der Waals surface area contributed by atoms with Crippen LogP contribution in [-0.2, 0) is 0 Å². The van der Waals surface area contributed by atoms with Gasteiger partial charge in [0, 0.05) is 4.90 Å². The highest BCUT2D eigenvalue weighted by atomic mass is 32.2. The lowest BCUT2D eigenvalue weighted by atomic mass is 10.2. The molecule has 2 rings (SSSR count). The molecule has 0 aliphatic heterocycles. The molecule has 2 aromatic rings. The van der Waals surface area contributed by atoms with Gasteiger partial charge in [-0.2, -0.15) is 0 Å². The van der Waals surface area contributed by atoms with E-state index in [0.717, 1.165) is 10.6 Å². The van der Waals surface area contributed by atoms with E-state index in [1.54, 1.807) is 7.11 Å². The van der Waals surface area contributed by atoms with Gasteiger partial charge in [-0.1, -0.05) is 11.8 Å². The fraction of sp³-hybridized carbons (Fsp3) is 0.0769. The van der Waals surface area contributed by atoms with Crippen LogP contribution >= 0.6 is 11.8 Å². The van der Waals surface area contributed by atoms with Crippen molar-refractivity contribution in [2.24, 2.45) is 5.73 Å². The first kappa shape index (κ1) is 13.2. The van der Waals surface area contributed by atoms with Crippen LogP contribution in [0.5, 0.6) is 5.75 Å². The van der Waals surface area contributed by atoms with Crippen LogP contribution in [-0.4, -0.2) is 18.0 Å². The Kier molecular flexibility index (Phi) is 3.91. The molecule has 1 amide bonds. The molecule has 98 valence electrons. The summed E-state index contributed by atoms with van der Waals surface area (Å²) >= 11 is 1.35. The summed E-state index contributed by atoms with van der Waals surface area (Å²) in [6.45, 7) is 0. The van der Waals surface area contributed by atoms with Crippen LogP contribution in [0.25, 0.3) is 0 Å². The summed E-state index contributed by atoms with van der Waals surface area (Å²) in [6.07, 6.45) is 1.50. The summed E-state index contributed by atoms with van der Waals surface area (Å²) in [7, 11) is 1.61. The number of anilines is 1. The molecule has 1 aromatic carbocycles. The number of nitrogens with zero attached hydrogens (tertiary/aromatic N) is 1. The zero-order chi connectivity index (χ0) is 13.8. The number of amides is 1. The largest absolute Gasteiger partial charge is 0.497 e. The molecule has 6 heteroatoms. The van der Waals surface area contributed by atoms with Gasteiger partial charge in [-0.05, 0) is 30.3 Å². The molecule has 0 radical (unpaired) electrons. The average molecular weight is 275 g/mol. The van der Waals surface area contributed by atoms with Gasteiger partial charge in [0.2, 0.25) is 0 Å². The van der Waals surface area contributed by atoms with Crippen LogP contribution in [0.2, 0.25) is 0 Å². The fourth-order valence-electron chi connectivity index (χ4n) is 1.48. The maximum Gasteiger partial charge on any atom is 0.251 e. The first-order chi connectivity index (χ1) is 9.10. The van der Waals surface area contributed by atoms with Crippen molar-refractivity contribution < 1.29 is 9.53 Å². The van der Waals surface area contributed by atoms with Gasteiger partial charge in [-0.3, -0.25) is 4.79 Å². The van der Waals surface area contributed by atoms with Gasteiger partial charge >= 0.3 is 0 Å². The third-order valence-electron chi connectivity index (χ3n) is 2.41. The van der Waals surface area contributed by atoms with Gasteiger partial charge in [0.25, 0.3) is 5.91 Å². The first-order valence-corrected chi connectivity index (χ1v) is 6.29. The van der Waals surface area contributed by atoms with Gasteiger partial charge in [-0.25, -0.2) is 4.98 Å². The van der Waals surface area contributed by atoms with Crippen molar-refractivity contribution in [2.45, 2.75) is 9.92 Å². The van der Waals surface area contributed by atoms with E-state index in [4.69, 9.17) is 16.2 Å². The van der Waals surface area contributed by atoms with Crippen molar-refractivity contribution in [3.05, 3.63) is 42.1 Å². The highest BCUT2D eigenvalue weighted by molar-refractivity contribution is 7.99. The second-order valence-corrected chi connectivity index (χ2v) is 4.83. The van der Waals surface area contributed by atoms with E-state index in [2.05, 4.69) is 4.98 Å². The monoisotopic (exact) mass is 275 g/mol. The standard InChI is InChI=1S/C13H13N3O2S/c1-18-9-2-4-10(5-3-9)19-13-11(12(15)17)6-8(14)7-16-13/h2-7H,14H2,1H3,(H2,15,17). The van der Waals surface area contributed by atoms with E-state index in [1.165, 1.54) is 24.0 Å². The van der Waals surface area contributed by atoms with Crippen molar-refractivity contribution >= 4 is 23.4 Å². The zero-order valence-electron chi connectivity index (χ0n) is 10.3. The summed E-state index contributed by atoms with van der Waals surface area (Å²) in [5, 5.41) is 0.534. The van der Waals surface area contributed by atoms with Crippen molar-refractivity contribution in [2.75, 3.05) is 12.8 Å². The van der Waals surface area contributed by atoms with Crippen molar-refractivity contribution in [3.8, 4) is 5.75 Å². The van der Waals surface area contributed by atoms with Gasteiger partial charge in [0.05, 0.1) is 24.6 Å². The molecule has 0 unspecified atom stereocenters. The molecule has 0 atom stereocenters. The SMILES string of the molecule is COc1ccc(Sc2ncc(N)cc2C(N)=O)cc1. The Labute approximate surface area is 115 Å². The number of hydrogen-bond acceptors (Lipinski definition) is 5. The predicted molar refractivity (Wildman–Crippen MR) is 74.3 cm³/mol. The second kappa shape index (κ2) is 5.62. The number of nitrogens with two attached hydrogens (primary N) is 2. The topological polar surface area (TPSA) is 91.2 Å². The first-order valence-electron chi connectivity index (χ1n) is 5.47. The van der Waals surface area contributed by atoms with E-state index in [9.17, 15) is 4.79 Å². The number of carbonyl (C=O) groups is 1. The lowest BCUT2D eigenvalue weighted by Crippen LogP contribution is -2.13. The van der Waals surface area contributed by atoms with Gasteiger partial charge in [-0.15, -0.1) is 0 Å². The van der Waals surface area contributed by atoms with E-state index in [1.807, 2.05) is 24.3 Å². The molecule has 1 aromatic heterocycles. The molecule has 1 heterocycles. The maximum absolute atomic E-state index is 11.4. The molecule has 0 spiro atoms. The van der Waals surface area contributed by atoms with Crippen molar-refractivity contribution in [1.82, 2.24) is 4.98 Å². The minimum Gasteiger partial charge on any atom is -0.497 e. The van der Waals surface area contributed by atoms with E-state index < -0.39 is 5.91 Å². The quantitative estimate of drug-likeness (QED) is 0.889. The van der Waals surface area contributed by atoms with E-state index >= 15 is 0 Å². The van der Waals surface area contributed by atoms with Crippen LogP contribution in [0, 0.1) is 0 Å². The van der Waals surface area contributed by atoms with E-state index in [-0.39, 0.29) is 0 Å². The van der Waals surface area contributed by atoms with Gasteiger partial charge < -0.3 is 16.2 Å². The molecular formula is C13H13N3O2S. The number of primary amides is 1. The molecule has 5 nitrogen and oxygen atoms in total. The van der Waals surface area contributed by atoms with Crippen LogP contribution in [0.4, 0.5) is 5.69 Å². The summed E-state index contributed by atoms with van der Waals surface area (Å²) in [4.78, 5) is 16.4. The number of methoxy groups -OCH3 is 1. The van der Waals surface area contributed by atoms with Crippen molar-refractivity contribution in [3.63, 3.8) is 0 Å². The van der Waals surface area contributed by atoms with Crippen LogP contribution in [0.15, 0.2) is 46.5 Å². The number of aromatic nitrogens is 1. The molecule has 19 heavy (non-hydrogen) atoms. The maximum atomic E-state index is 11.4. The zero-order valence-corrected chi connectivity index (χ0v) is 11.1. The highest BCUT2D eigenvalue weighted by Gasteiger charge is 2.11. The number of carbonyl (C=O) groups excluding carboxylic acids is 1. The number of pyridine rings is 1. The summed E-state index contributed by atoms with van der Waals surface area (Å²) in [5.41, 5.74) is 11.6. The third-order valence-corrected chi connectivity index (χ3v) is 3.44. The molecule has 0 saturated carbocycles. The van der Waals surface area contributed by atoms with Crippen molar-refractivity contribution in [1.29, 1.82) is 0 Å². The summed E-state index contributed by atoms with van der Waals surface area (Å²) in [5.74, 6) is 0.223. The molecule has 0 aliphatic carbocycles. The summed E-state index contributed by atoms with van der Waals surface area (Å²) in [6, 6.07) is 8.97. The van der Waals surface area contributed by atoms with Crippen LogP contribution in [0.3, 0.4) is 0 Å². The van der Waals surface area contributed by atoms with Gasteiger partial charge in [0.15, 0.2) is 0 Å². The minimum absolute atomic E-state index is 0.320. The van der Waals surface area contributed by atoms with Crippen LogP contribution < -0.4 is 16.2 Å². The number of nitrogen functional groups attached to an aromatic ring is 1. The molecule has 0 saturated heterocycles. The smallest absolute Gasteiger partial charge is 0.251 e.